The lowest BCUT2D eigenvalue weighted by Gasteiger charge is -2.22. The molecule has 0 radical (unpaired) electrons. The molecule has 1 aliphatic heterocycles. The van der Waals surface area contributed by atoms with Crippen molar-refractivity contribution in [3.8, 4) is 0 Å². The zero-order chi connectivity index (χ0) is 23.6. The monoisotopic (exact) mass is 477 g/mol. The van der Waals surface area contributed by atoms with Crippen molar-refractivity contribution in [1.29, 1.82) is 0 Å². The Morgan fingerprint density at radius 1 is 1.25 bits per heavy atom. The van der Waals surface area contributed by atoms with Gasteiger partial charge in [0.15, 0.2) is 0 Å². The molecule has 0 unspecified atom stereocenters. The maximum Gasteiger partial charge on any atom is 0.241 e. The van der Waals surface area contributed by atoms with E-state index >= 15 is 0 Å². The number of anilines is 1. The Bertz CT molecular complexity index is 1110. The number of nitrogens with zero attached hydrogens (tertiary/aromatic N) is 1. The zero-order valence-electron chi connectivity index (χ0n) is 19.1. The quantitative estimate of drug-likeness (QED) is 0.611. The smallest absolute Gasteiger partial charge is 0.241 e. The molecule has 0 saturated carbocycles. The molecule has 7 nitrogen and oxygen atoms in total. The number of rotatable bonds is 8. The second-order valence-corrected chi connectivity index (χ2v) is 11.4. The number of nitrogens with one attached hydrogen (secondary N) is 2. The Morgan fingerprint density at radius 2 is 1.97 bits per heavy atom. The molecular weight excluding hydrogens is 446 g/mol. The third-order valence-corrected chi connectivity index (χ3v) is 8.29. The SMILES string of the molecule is CC(=O)N1c2ccc(S(=O)(=O)N[C@@H](C(=O)NCCc3sccc3C)C(C)C)cc2C[C@@H]1C. The third kappa shape index (κ3) is 5.22. The molecule has 174 valence electrons. The Labute approximate surface area is 194 Å². The molecule has 2 amide bonds. The average molecular weight is 478 g/mol. The molecule has 0 spiro atoms. The highest BCUT2D eigenvalue weighted by atomic mass is 32.2. The number of aryl methyl sites for hydroxylation is 1. The number of hydrogen-bond acceptors (Lipinski definition) is 5. The second kappa shape index (κ2) is 9.72. The van der Waals surface area contributed by atoms with Crippen molar-refractivity contribution in [2.24, 2.45) is 5.92 Å². The van der Waals surface area contributed by atoms with Gasteiger partial charge in [-0.05, 0) is 73.4 Å². The lowest BCUT2D eigenvalue weighted by Crippen LogP contribution is -2.49. The van der Waals surface area contributed by atoms with Crippen LogP contribution in [0.5, 0.6) is 0 Å². The minimum Gasteiger partial charge on any atom is -0.354 e. The van der Waals surface area contributed by atoms with Gasteiger partial charge in [-0.15, -0.1) is 11.3 Å². The fourth-order valence-corrected chi connectivity index (χ4v) is 6.36. The normalized spacial score (nSPS) is 16.8. The van der Waals surface area contributed by atoms with E-state index in [1.807, 2.05) is 39.1 Å². The first-order valence-corrected chi connectivity index (χ1v) is 13.1. The van der Waals surface area contributed by atoms with Crippen LogP contribution in [-0.2, 0) is 32.5 Å². The molecule has 1 aromatic carbocycles. The van der Waals surface area contributed by atoms with Gasteiger partial charge in [-0.2, -0.15) is 4.72 Å². The van der Waals surface area contributed by atoms with Gasteiger partial charge < -0.3 is 10.2 Å². The number of thiophene rings is 1. The summed E-state index contributed by atoms with van der Waals surface area (Å²) >= 11 is 1.65. The summed E-state index contributed by atoms with van der Waals surface area (Å²) in [5.41, 5.74) is 2.75. The van der Waals surface area contributed by atoms with Crippen LogP contribution in [0.3, 0.4) is 0 Å². The maximum atomic E-state index is 13.1. The second-order valence-electron chi connectivity index (χ2n) is 8.64. The van der Waals surface area contributed by atoms with Crippen molar-refractivity contribution < 1.29 is 18.0 Å². The number of amides is 2. The largest absolute Gasteiger partial charge is 0.354 e. The van der Waals surface area contributed by atoms with Crippen molar-refractivity contribution in [2.75, 3.05) is 11.4 Å². The van der Waals surface area contributed by atoms with Gasteiger partial charge in [0.05, 0.1) is 4.90 Å². The van der Waals surface area contributed by atoms with Crippen LogP contribution in [0.15, 0.2) is 34.5 Å². The molecule has 0 aliphatic carbocycles. The molecule has 9 heteroatoms. The van der Waals surface area contributed by atoms with E-state index in [0.29, 0.717) is 19.4 Å². The van der Waals surface area contributed by atoms with E-state index in [-0.39, 0.29) is 28.7 Å². The van der Waals surface area contributed by atoms with E-state index in [4.69, 9.17) is 0 Å². The molecule has 1 aromatic heterocycles. The molecule has 32 heavy (non-hydrogen) atoms. The molecule has 2 heterocycles. The van der Waals surface area contributed by atoms with Gasteiger partial charge in [0.1, 0.15) is 6.04 Å². The Kier molecular flexibility index (Phi) is 7.42. The van der Waals surface area contributed by atoms with Crippen LogP contribution in [0.2, 0.25) is 0 Å². The van der Waals surface area contributed by atoms with Gasteiger partial charge in [0.2, 0.25) is 21.8 Å². The maximum absolute atomic E-state index is 13.1. The van der Waals surface area contributed by atoms with E-state index in [1.165, 1.54) is 23.4 Å². The third-order valence-electron chi connectivity index (χ3n) is 5.77. The van der Waals surface area contributed by atoms with Crippen LogP contribution in [0.25, 0.3) is 0 Å². The van der Waals surface area contributed by atoms with Crippen molar-refractivity contribution in [3.63, 3.8) is 0 Å². The van der Waals surface area contributed by atoms with Crippen LogP contribution in [-0.4, -0.2) is 38.9 Å². The van der Waals surface area contributed by atoms with Gasteiger partial charge in [0, 0.05) is 30.1 Å². The number of carbonyl (C=O) groups excluding carboxylic acids is 2. The Morgan fingerprint density at radius 3 is 2.56 bits per heavy atom. The molecule has 2 aromatic rings. The van der Waals surface area contributed by atoms with E-state index in [2.05, 4.69) is 10.0 Å². The van der Waals surface area contributed by atoms with Gasteiger partial charge >= 0.3 is 0 Å². The molecule has 1 aliphatic rings. The summed E-state index contributed by atoms with van der Waals surface area (Å²) in [7, 11) is -3.91. The van der Waals surface area contributed by atoms with Gasteiger partial charge in [0.25, 0.3) is 0 Å². The molecule has 0 bridgehead atoms. The van der Waals surface area contributed by atoms with Crippen molar-refractivity contribution in [3.05, 3.63) is 45.6 Å². The van der Waals surface area contributed by atoms with Crippen molar-refractivity contribution >= 4 is 38.9 Å². The van der Waals surface area contributed by atoms with Crippen LogP contribution < -0.4 is 14.9 Å². The first kappa shape index (κ1) is 24.4. The molecular formula is C23H31N3O4S2. The van der Waals surface area contributed by atoms with Gasteiger partial charge in [-0.25, -0.2) is 8.42 Å². The number of fused-ring (bicyclic) bond motifs is 1. The molecule has 0 fully saturated rings. The molecule has 3 rings (SSSR count). The highest BCUT2D eigenvalue weighted by molar-refractivity contribution is 7.89. The van der Waals surface area contributed by atoms with E-state index in [9.17, 15) is 18.0 Å². The lowest BCUT2D eigenvalue weighted by molar-refractivity contribution is -0.123. The van der Waals surface area contributed by atoms with Crippen molar-refractivity contribution in [1.82, 2.24) is 10.0 Å². The van der Waals surface area contributed by atoms with Gasteiger partial charge in [-0.1, -0.05) is 13.8 Å². The predicted molar refractivity (Wildman–Crippen MR) is 127 cm³/mol. The van der Waals surface area contributed by atoms with E-state index in [0.717, 1.165) is 11.3 Å². The molecule has 2 N–H and O–H groups in total. The van der Waals surface area contributed by atoms with E-state index < -0.39 is 16.1 Å². The van der Waals surface area contributed by atoms with E-state index in [1.54, 1.807) is 28.4 Å². The minimum atomic E-state index is -3.91. The average Bonchev–Trinajstić information content (AvgIpc) is 3.26. The fraction of sp³-hybridized carbons (Fsp3) is 0.478. The zero-order valence-corrected chi connectivity index (χ0v) is 20.8. The first-order chi connectivity index (χ1) is 15.0. The van der Waals surface area contributed by atoms with Gasteiger partial charge in [-0.3, -0.25) is 9.59 Å². The van der Waals surface area contributed by atoms with Crippen LogP contribution in [0.4, 0.5) is 5.69 Å². The summed E-state index contributed by atoms with van der Waals surface area (Å²) in [4.78, 5) is 27.7. The topological polar surface area (TPSA) is 95.6 Å². The summed E-state index contributed by atoms with van der Waals surface area (Å²) in [5, 5.41) is 4.88. The summed E-state index contributed by atoms with van der Waals surface area (Å²) in [5.74, 6) is -0.634. The van der Waals surface area contributed by atoms with Crippen LogP contribution >= 0.6 is 11.3 Å². The number of hydrogen-bond donors (Lipinski definition) is 2. The molecule has 2 atom stereocenters. The standard InChI is InChI=1S/C23H31N3O4S2/c1-14(2)22(23(28)24-10-8-21-15(3)9-11-31-21)25-32(29,30)19-6-7-20-18(13-19)12-16(4)26(20)17(5)27/h6-7,9,11,13-14,16,22,25H,8,10,12H2,1-5H3,(H,24,28)/t16-,22+/m0/s1. The van der Waals surface area contributed by atoms with Crippen molar-refractivity contribution in [2.45, 2.75) is 64.4 Å². The minimum absolute atomic E-state index is 0.0189. The highest BCUT2D eigenvalue weighted by Gasteiger charge is 2.32. The summed E-state index contributed by atoms with van der Waals surface area (Å²) in [6.07, 6.45) is 1.30. The lowest BCUT2D eigenvalue weighted by atomic mass is 10.1. The Hall–Kier alpha value is -2.23. The molecule has 0 saturated heterocycles. The van der Waals surface area contributed by atoms with Crippen LogP contribution in [0, 0.1) is 12.8 Å². The number of benzene rings is 1. The fourth-order valence-electron chi connectivity index (χ4n) is 4.05. The predicted octanol–water partition coefficient (Wildman–Crippen LogP) is 3.02. The number of carbonyl (C=O) groups is 2. The number of sulfonamides is 1. The summed E-state index contributed by atoms with van der Waals surface area (Å²) < 4.78 is 28.7. The summed E-state index contributed by atoms with van der Waals surface area (Å²) in [6.45, 7) is 9.54. The van der Waals surface area contributed by atoms with Crippen LogP contribution in [0.1, 0.15) is 43.7 Å². The summed E-state index contributed by atoms with van der Waals surface area (Å²) in [6, 6.07) is 5.90. The first-order valence-electron chi connectivity index (χ1n) is 10.8. The Balaban J connectivity index is 1.71. The highest BCUT2D eigenvalue weighted by Crippen LogP contribution is 2.34.